The van der Waals surface area contributed by atoms with E-state index in [1.54, 1.807) is 41.3 Å². The van der Waals surface area contributed by atoms with Gasteiger partial charge in [0.1, 0.15) is 17.9 Å². The second-order valence-electron chi connectivity index (χ2n) is 8.18. The van der Waals surface area contributed by atoms with Gasteiger partial charge >= 0.3 is 5.63 Å². The lowest BCUT2D eigenvalue weighted by Crippen LogP contribution is -2.42. The molecule has 1 N–H and O–H groups in total. The van der Waals surface area contributed by atoms with Crippen molar-refractivity contribution < 1.29 is 23.5 Å². The molecule has 3 aromatic rings. The Morgan fingerprint density at radius 1 is 1.19 bits per heavy atom. The number of amides is 2. The van der Waals surface area contributed by atoms with Crippen LogP contribution in [0.3, 0.4) is 0 Å². The number of para-hydroxylation sites is 1. The number of nitrogens with zero attached hydrogens (tertiary/aromatic N) is 1. The summed E-state index contributed by atoms with van der Waals surface area (Å²) in [5.74, 6) is 0.256. The van der Waals surface area contributed by atoms with E-state index in [0.29, 0.717) is 34.8 Å². The second kappa shape index (κ2) is 8.03. The predicted molar refractivity (Wildman–Crippen MR) is 121 cm³/mol. The first-order chi connectivity index (χ1) is 15.2. The van der Waals surface area contributed by atoms with Crippen LogP contribution >= 0.6 is 0 Å². The van der Waals surface area contributed by atoms with E-state index in [9.17, 15) is 14.4 Å². The Labute approximate surface area is 184 Å². The molecule has 0 saturated heterocycles. The SMILES string of the molecule is CCN1C(=O)C(C)(C)COc2cc(NC(=O)c3cc4cccc(OC)c4oc3=O)ccc21. The zero-order chi connectivity index (χ0) is 23.0. The van der Waals surface area contributed by atoms with E-state index in [2.05, 4.69) is 5.32 Å². The van der Waals surface area contributed by atoms with Gasteiger partial charge in [-0.15, -0.1) is 0 Å². The van der Waals surface area contributed by atoms with E-state index in [0.717, 1.165) is 0 Å². The van der Waals surface area contributed by atoms with E-state index in [1.165, 1.54) is 13.2 Å². The zero-order valence-corrected chi connectivity index (χ0v) is 18.4. The minimum Gasteiger partial charge on any atom is -0.493 e. The van der Waals surface area contributed by atoms with Crippen LogP contribution in [0.2, 0.25) is 0 Å². The van der Waals surface area contributed by atoms with Gasteiger partial charge in [0.25, 0.3) is 5.91 Å². The summed E-state index contributed by atoms with van der Waals surface area (Å²) in [7, 11) is 1.48. The Balaban J connectivity index is 1.65. The molecular formula is C24H24N2O6. The van der Waals surface area contributed by atoms with Gasteiger partial charge in [-0.3, -0.25) is 9.59 Å². The number of rotatable bonds is 4. The van der Waals surface area contributed by atoms with Crippen molar-refractivity contribution >= 4 is 34.2 Å². The lowest BCUT2D eigenvalue weighted by Gasteiger charge is -2.26. The topological polar surface area (TPSA) is 98.1 Å². The number of hydrogen-bond donors (Lipinski definition) is 1. The highest BCUT2D eigenvalue weighted by molar-refractivity contribution is 6.06. The van der Waals surface area contributed by atoms with Gasteiger partial charge in [-0.25, -0.2) is 4.79 Å². The van der Waals surface area contributed by atoms with Crippen LogP contribution in [0.15, 0.2) is 51.7 Å². The smallest absolute Gasteiger partial charge is 0.349 e. The Kier molecular flexibility index (Phi) is 5.38. The summed E-state index contributed by atoms with van der Waals surface area (Å²) in [4.78, 5) is 39.8. The second-order valence-corrected chi connectivity index (χ2v) is 8.18. The van der Waals surface area contributed by atoms with Crippen molar-refractivity contribution in [1.82, 2.24) is 0 Å². The number of hydrogen-bond acceptors (Lipinski definition) is 6. The molecule has 1 aromatic heterocycles. The van der Waals surface area contributed by atoms with Gasteiger partial charge in [0.05, 0.1) is 18.2 Å². The summed E-state index contributed by atoms with van der Waals surface area (Å²) in [6, 6.07) is 11.7. The fourth-order valence-corrected chi connectivity index (χ4v) is 3.67. The standard InChI is InChI=1S/C24H24N2O6/c1-5-26-17-10-9-15(12-19(17)31-13-24(2,3)23(26)29)25-21(27)16-11-14-7-6-8-18(30-4)20(14)32-22(16)28/h6-12H,5,13H2,1-4H3,(H,25,27). The van der Waals surface area contributed by atoms with E-state index in [-0.39, 0.29) is 23.7 Å². The molecular weight excluding hydrogens is 412 g/mol. The highest BCUT2D eigenvalue weighted by Gasteiger charge is 2.37. The first-order valence-electron chi connectivity index (χ1n) is 10.3. The molecule has 0 atom stereocenters. The number of ether oxygens (including phenoxy) is 2. The molecule has 0 radical (unpaired) electrons. The summed E-state index contributed by atoms with van der Waals surface area (Å²) in [6.07, 6.45) is 0. The van der Waals surface area contributed by atoms with Crippen LogP contribution in [0, 0.1) is 5.41 Å². The van der Waals surface area contributed by atoms with Crippen molar-refractivity contribution in [2.75, 3.05) is 30.5 Å². The van der Waals surface area contributed by atoms with Crippen LogP contribution in [0.4, 0.5) is 11.4 Å². The summed E-state index contributed by atoms with van der Waals surface area (Å²) in [5, 5.41) is 3.28. The van der Waals surface area contributed by atoms with Gasteiger partial charge in [0.2, 0.25) is 5.91 Å². The molecule has 8 heteroatoms. The molecule has 32 heavy (non-hydrogen) atoms. The summed E-state index contributed by atoms with van der Waals surface area (Å²) in [6.45, 7) is 6.27. The Morgan fingerprint density at radius 3 is 2.69 bits per heavy atom. The monoisotopic (exact) mass is 436 g/mol. The van der Waals surface area contributed by atoms with Crippen LogP contribution in [0.1, 0.15) is 31.1 Å². The van der Waals surface area contributed by atoms with Crippen molar-refractivity contribution in [2.45, 2.75) is 20.8 Å². The first kappa shape index (κ1) is 21.4. The molecule has 0 saturated carbocycles. The maximum Gasteiger partial charge on any atom is 0.349 e. The van der Waals surface area contributed by atoms with Crippen molar-refractivity contribution in [3.05, 3.63) is 58.4 Å². The molecule has 0 spiro atoms. The van der Waals surface area contributed by atoms with Crippen LogP contribution in [0.5, 0.6) is 11.5 Å². The minimum absolute atomic E-state index is 0.0280. The highest BCUT2D eigenvalue weighted by Crippen LogP contribution is 2.38. The van der Waals surface area contributed by atoms with Crippen LogP contribution in [-0.4, -0.2) is 32.1 Å². The Bertz CT molecular complexity index is 1280. The average Bonchev–Trinajstić information content (AvgIpc) is 2.86. The maximum absolute atomic E-state index is 12.8. The fourth-order valence-electron chi connectivity index (χ4n) is 3.67. The molecule has 2 amide bonds. The fraction of sp³-hybridized carbons (Fsp3) is 0.292. The zero-order valence-electron chi connectivity index (χ0n) is 18.4. The van der Waals surface area contributed by atoms with Gasteiger partial charge in [0, 0.05) is 23.7 Å². The van der Waals surface area contributed by atoms with Crippen molar-refractivity contribution in [2.24, 2.45) is 5.41 Å². The highest BCUT2D eigenvalue weighted by atomic mass is 16.5. The summed E-state index contributed by atoms with van der Waals surface area (Å²) < 4.78 is 16.4. The Morgan fingerprint density at radius 2 is 1.97 bits per heavy atom. The molecule has 4 rings (SSSR count). The third-order valence-corrected chi connectivity index (χ3v) is 5.43. The molecule has 0 fully saturated rings. The largest absolute Gasteiger partial charge is 0.493 e. The molecule has 0 unspecified atom stereocenters. The van der Waals surface area contributed by atoms with E-state index in [1.807, 2.05) is 20.8 Å². The van der Waals surface area contributed by atoms with Crippen molar-refractivity contribution in [3.63, 3.8) is 0 Å². The summed E-state index contributed by atoms with van der Waals surface area (Å²) in [5.41, 5.74) is -0.227. The van der Waals surface area contributed by atoms with E-state index < -0.39 is 16.9 Å². The van der Waals surface area contributed by atoms with E-state index in [4.69, 9.17) is 13.9 Å². The van der Waals surface area contributed by atoms with Crippen molar-refractivity contribution in [1.29, 1.82) is 0 Å². The van der Waals surface area contributed by atoms with Crippen LogP contribution in [0.25, 0.3) is 11.0 Å². The summed E-state index contributed by atoms with van der Waals surface area (Å²) >= 11 is 0. The molecule has 0 bridgehead atoms. The normalized spacial score (nSPS) is 15.0. The van der Waals surface area contributed by atoms with Gasteiger partial charge in [-0.05, 0) is 45.0 Å². The molecule has 0 aliphatic carbocycles. The maximum atomic E-state index is 12.8. The number of anilines is 2. The number of nitrogens with one attached hydrogen (secondary N) is 1. The first-order valence-corrected chi connectivity index (χ1v) is 10.3. The predicted octanol–water partition coefficient (Wildman–Crippen LogP) is 3.83. The van der Waals surface area contributed by atoms with Gasteiger partial charge in [-0.2, -0.15) is 0 Å². The van der Waals surface area contributed by atoms with Gasteiger partial charge in [0.15, 0.2) is 11.3 Å². The third-order valence-electron chi connectivity index (χ3n) is 5.43. The Hall–Kier alpha value is -3.81. The molecule has 1 aliphatic rings. The number of methoxy groups -OCH3 is 1. The number of fused-ring (bicyclic) bond motifs is 2. The third kappa shape index (κ3) is 3.68. The van der Waals surface area contributed by atoms with Gasteiger partial charge < -0.3 is 24.1 Å². The van der Waals surface area contributed by atoms with Crippen molar-refractivity contribution in [3.8, 4) is 11.5 Å². The number of carbonyl (C=O) groups excluding carboxylic acids is 2. The minimum atomic E-state index is -0.769. The lowest BCUT2D eigenvalue weighted by molar-refractivity contribution is -0.127. The number of benzene rings is 2. The van der Waals surface area contributed by atoms with Gasteiger partial charge in [-0.1, -0.05) is 12.1 Å². The molecule has 8 nitrogen and oxygen atoms in total. The van der Waals surface area contributed by atoms with Crippen LogP contribution in [-0.2, 0) is 4.79 Å². The average molecular weight is 436 g/mol. The quantitative estimate of drug-likeness (QED) is 0.625. The number of carbonyl (C=O) groups is 2. The molecule has 1 aliphatic heterocycles. The molecule has 2 heterocycles. The molecule has 166 valence electrons. The van der Waals surface area contributed by atoms with Crippen LogP contribution < -0.4 is 25.3 Å². The molecule has 2 aromatic carbocycles. The van der Waals surface area contributed by atoms with E-state index >= 15 is 0 Å². The lowest BCUT2D eigenvalue weighted by atomic mass is 9.93.